The van der Waals surface area contributed by atoms with Crippen LogP contribution in [0.3, 0.4) is 0 Å². The Morgan fingerprint density at radius 1 is 1.08 bits per heavy atom. The molecule has 1 aliphatic rings. The van der Waals surface area contributed by atoms with Crippen LogP contribution in [0, 0.1) is 12.8 Å². The molecule has 2 aromatic carbocycles. The highest BCUT2D eigenvalue weighted by atomic mass is 16.2. The summed E-state index contributed by atoms with van der Waals surface area (Å²) in [6.07, 6.45) is 2.12. The molecule has 1 N–H and O–H groups in total. The molecule has 4 heteroatoms. The number of carbonyl (C=O) groups excluding carboxylic acids is 2. The minimum absolute atomic E-state index is 0.0451. The second-order valence-corrected chi connectivity index (χ2v) is 7.05. The Morgan fingerprint density at radius 2 is 1.85 bits per heavy atom. The van der Waals surface area contributed by atoms with E-state index in [0.29, 0.717) is 19.5 Å². The summed E-state index contributed by atoms with van der Waals surface area (Å²) in [6, 6.07) is 17.9. The summed E-state index contributed by atoms with van der Waals surface area (Å²) >= 11 is 0. The van der Waals surface area contributed by atoms with E-state index in [2.05, 4.69) is 11.4 Å². The molecule has 0 aromatic heterocycles. The van der Waals surface area contributed by atoms with Crippen LogP contribution >= 0.6 is 0 Å². The lowest BCUT2D eigenvalue weighted by molar-refractivity contribution is -0.135. The van der Waals surface area contributed by atoms with Crippen molar-refractivity contribution < 1.29 is 9.59 Å². The number of rotatable bonds is 5. The number of hydrogen-bond acceptors (Lipinski definition) is 2. The summed E-state index contributed by atoms with van der Waals surface area (Å²) in [6.45, 7) is 3.84. The summed E-state index contributed by atoms with van der Waals surface area (Å²) in [5.74, 6) is 0.0318. The molecule has 0 saturated carbocycles. The summed E-state index contributed by atoms with van der Waals surface area (Å²) in [5.41, 5.74) is 3.31. The van der Waals surface area contributed by atoms with Gasteiger partial charge >= 0.3 is 0 Å². The topological polar surface area (TPSA) is 49.4 Å². The molecule has 1 heterocycles. The van der Waals surface area contributed by atoms with Gasteiger partial charge in [-0.1, -0.05) is 60.2 Å². The number of nitrogens with one attached hydrogen (secondary N) is 1. The van der Waals surface area contributed by atoms with Crippen LogP contribution < -0.4 is 5.32 Å². The minimum atomic E-state index is -0.117. The molecule has 1 fully saturated rings. The van der Waals surface area contributed by atoms with E-state index >= 15 is 0 Å². The van der Waals surface area contributed by atoms with Crippen molar-refractivity contribution >= 4 is 11.8 Å². The van der Waals surface area contributed by atoms with Gasteiger partial charge in [0, 0.05) is 19.6 Å². The fraction of sp³-hybridized carbons (Fsp3) is 0.364. The number of piperidine rings is 1. The third kappa shape index (κ3) is 4.94. The van der Waals surface area contributed by atoms with E-state index in [9.17, 15) is 9.59 Å². The lowest BCUT2D eigenvalue weighted by Gasteiger charge is -2.32. The lowest BCUT2D eigenvalue weighted by atomic mass is 9.96. The number of benzene rings is 2. The summed E-state index contributed by atoms with van der Waals surface area (Å²) < 4.78 is 0. The van der Waals surface area contributed by atoms with Crippen molar-refractivity contribution in [2.24, 2.45) is 5.92 Å². The van der Waals surface area contributed by atoms with Crippen LogP contribution in [0.4, 0.5) is 0 Å². The minimum Gasteiger partial charge on any atom is -0.352 e. The molecule has 3 rings (SSSR count). The Hall–Kier alpha value is -2.62. The number of amides is 2. The highest BCUT2D eigenvalue weighted by Gasteiger charge is 2.28. The molecule has 0 bridgehead atoms. The second-order valence-electron chi connectivity index (χ2n) is 7.05. The third-order valence-corrected chi connectivity index (χ3v) is 4.89. The zero-order chi connectivity index (χ0) is 18.4. The van der Waals surface area contributed by atoms with Crippen LogP contribution in [0.1, 0.15) is 29.5 Å². The first-order valence-electron chi connectivity index (χ1n) is 9.27. The first-order chi connectivity index (χ1) is 12.6. The maximum Gasteiger partial charge on any atom is 0.227 e. The largest absolute Gasteiger partial charge is 0.352 e. The first-order valence-corrected chi connectivity index (χ1v) is 9.27. The van der Waals surface area contributed by atoms with E-state index in [4.69, 9.17) is 0 Å². The van der Waals surface area contributed by atoms with Crippen molar-refractivity contribution in [2.75, 3.05) is 13.1 Å². The van der Waals surface area contributed by atoms with E-state index < -0.39 is 0 Å². The van der Waals surface area contributed by atoms with E-state index in [1.165, 1.54) is 5.56 Å². The SMILES string of the molecule is Cc1cccc(CNC(=O)C2CCCN(C(=O)Cc3ccccc3)C2)c1. The average Bonchev–Trinajstić information content (AvgIpc) is 2.67. The summed E-state index contributed by atoms with van der Waals surface area (Å²) in [5, 5.41) is 3.03. The molecule has 1 aliphatic heterocycles. The van der Waals surface area contributed by atoms with Crippen molar-refractivity contribution in [1.82, 2.24) is 10.2 Å². The molecule has 0 radical (unpaired) electrons. The van der Waals surface area contributed by atoms with Crippen LogP contribution in [0.5, 0.6) is 0 Å². The van der Waals surface area contributed by atoms with E-state index in [1.54, 1.807) is 0 Å². The zero-order valence-corrected chi connectivity index (χ0v) is 15.3. The monoisotopic (exact) mass is 350 g/mol. The molecule has 1 atom stereocenters. The van der Waals surface area contributed by atoms with Crippen molar-refractivity contribution in [3.05, 3.63) is 71.3 Å². The summed E-state index contributed by atoms with van der Waals surface area (Å²) in [4.78, 5) is 26.9. The Bertz CT molecular complexity index is 758. The van der Waals surface area contributed by atoms with E-state index in [-0.39, 0.29) is 17.7 Å². The number of carbonyl (C=O) groups is 2. The van der Waals surface area contributed by atoms with Crippen molar-refractivity contribution in [2.45, 2.75) is 32.7 Å². The van der Waals surface area contributed by atoms with E-state index in [1.807, 2.05) is 60.4 Å². The van der Waals surface area contributed by atoms with Gasteiger partial charge in [-0.3, -0.25) is 9.59 Å². The van der Waals surface area contributed by atoms with Gasteiger partial charge in [0.1, 0.15) is 0 Å². The third-order valence-electron chi connectivity index (χ3n) is 4.89. The van der Waals surface area contributed by atoms with Gasteiger partial charge in [-0.2, -0.15) is 0 Å². The van der Waals surface area contributed by atoms with Gasteiger partial charge in [-0.15, -0.1) is 0 Å². The molecule has 1 saturated heterocycles. The van der Waals surface area contributed by atoms with Crippen molar-refractivity contribution in [3.8, 4) is 0 Å². The predicted octanol–water partition coefficient (Wildman–Crippen LogP) is 3.09. The van der Waals surface area contributed by atoms with Crippen LogP contribution in [0.25, 0.3) is 0 Å². The second kappa shape index (κ2) is 8.65. The van der Waals surface area contributed by atoms with Gasteiger partial charge in [0.05, 0.1) is 12.3 Å². The average molecular weight is 350 g/mol. The fourth-order valence-corrected chi connectivity index (χ4v) is 3.46. The molecule has 2 aromatic rings. The van der Waals surface area contributed by atoms with Gasteiger partial charge < -0.3 is 10.2 Å². The molecule has 2 amide bonds. The van der Waals surface area contributed by atoms with Crippen molar-refractivity contribution in [1.29, 1.82) is 0 Å². The molecule has 0 spiro atoms. The Morgan fingerprint density at radius 3 is 2.62 bits per heavy atom. The quantitative estimate of drug-likeness (QED) is 0.901. The van der Waals surface area contributed by atoms with Crippen LogP contribution in [0.15, 0.2) is 54.6 Å². The number of nitrogens with zero attached hydrogens (tertiary/aromatic N) is 1. The van der Waals surface area contributed by atoms with Crippen molar-refractivity contribution in [3.63, 3.8) is 0 Å². The van der Waals surface area contributed by atoms with Crippen LogP contribution in [-0.2, 0) is 22.6 Å². The smallest absolute Gasteiger partial charge is 0.227 e. The number of aryl methyl sites for hydroxylation is 1. The molecule has 26 heavy (non-hydrogen) atoms. The normalized spacial score (nSPS) is 17.0. The highest BCUT2D eigenvalue weighted by Crippen LogP contribution is 2.18. The molecule has 0 aliphatic carbocycles. The zero-order valence-electron chi connectivity index (χ0n) is 15.3. The van der Waals surface area contributed by atoms with Crippen LogP contribution in [-0.4, -0.2) is 29.8 Å². The molecular weight excluding hydrogens is 324 g/mol. The lowest BCUT2D eigenvalue weighted by Crippen LogP contribution is -2.45. The van der Waals surface area contributed by atoms with Gasteiger partial charge in [-0.05, 0) is 30.9 Å². The maximum absolute atomic E-state index is 12.5. The summed E-state index contributed by atoms with van der Waals surface area (Å²) in [7, 11) is 0. The van der Waals surface area contributed by atoms with Gasteiger partial charge in [0.25, 0.3) is 0 Å². The molecular formula is C22H26N2O2. The molecule has 4 nitrogen and oxygen atoms in total. The van der Waals surface area contributed by atoms with Crippen LogP contribution in [0.2, 0.25) is 0 Å². The van der Waals surface area contributed by atoms with Gasteiger partial charge in [0.15, 0.2) is 0 Å². The maximum atomic E-state index is 12.5. The Balaban J connectivity index is 1.52. The molecule has 136 valence electrons. The fourth-order valence-electron chi connectivity index (χ4n) is 3.46. The number of hydrogen-bond donors (Lipinski definition) is 1. The first kappa shape index (κ1) is 18.2. The number of likely N-dealkylation sites (tertiary alicyclic amines) is 1. The van der Waals surface area contributed by atoms with E-state index in [0.717, 1.165) is 30.5 Å². The predicted molar refractivity (Wildman–Crippen MR) is 102 cm³/mol. The van der Waals surface area contributed by atoms with Gasteiger partial charge in [0.2, 0.25) is 11.8 Å². The molecule has 1 unspecified atom stereocenters. The highest BCUT2D eigenvalue weighted by molar-refractivity contribution is 5.82. The standard InChI is InChI=1S/C22H26N2O2/c1-17-7-5-10-19(13-17)15-23-22(26)20-11-6-12-24(16-20)21(25)14-18-8-3-2-4-9-18/h2-5,7-10,13,20H,6,11-12,14-16H2,1H3,(H,23,26). The van der Waals surface area contributed by atoms with Gasteiger partial charge in [-0.25, -0.2) is 0 Å². The Kier molecular flexibility index (Phi) is 6.05. The Labute approximate surface area is 155 Å².